The van der Waals surface area contributed by atoms with Gasteiger partial charge in [0.15, 0.2) is 0 Å². The lowest BCUT2D eigenvalue weighted by Gasteiger charge is -2.33. The number of hydrogen-bond donors (Lipinski definition) is 0. The second-order valence-electron chi connectivity index (χ2n) is 4.99. The molecule has 3 rings (SSSR count). The Morgan fingerprint density at radius 3 is 2.52 bits per heavy atom. The van der Waals surface area contributed by atoms with E-state index in [0.29, 0.717) is 19.0 Å². The largest absolute Gasteiger partial charge is 0.279 e. The summed E-state index contributed by atoms with van der Waals surface area (Å²) in [6, 6.07) is 4.04. The molecule has 1 aliphatic rings. The summed E-state index contributed by atoms with van der Waals surface area (Å²) in [5, 5.41) is 1.60. The first-order chi connectivity index (χ1) is 9.97. The number of nitrogens with zero attached hydrogens (tertiary/aromatic N) is 4. The van der Waals surface area contributed by atoms with E-state index in [9.17, 15) is 9.59 Å². The van der Waals surface area contributed by atoms with Crippen LogP contribution in [-0.4, -0.2) is 34.6 Å². The minimum atomic E-state index is -0.0704. The van der Waals surface area contributed by atoms with Crippen LogP contribution in [0.15, 0.2) is 18.3 Å². The molecule has 1 aliphatic heterocycles. The summed E-state index contributed by atoms with van der Waals surface area (Å²) in [4.78, 5) is 31.9. The maximum atomic E-state index is 11.8. The Labute approximate surface area is 126 Å². The molecule has 0 saturated heterocycles. The van der Waals surface area contributed by atoms with E-state index in [1.807, 2.05) is 25.3 Å². The van der Waals surface area contributed by atoms with Gasteiger partial charge in [-0.2, -0.15) is 0 Å². The van der Waals surface area contributed by atoms with Crippen molar-refractivity contribution in [2.24, 2.45) is 0 Å². The number of rotatable bonds is 1. The first-order valence-electron chi connectivity index (χ1n) is 6.70. The zero-order valence-corrected chi connectivity index (χ0v) is 13.0. The van der Waals surface area contributed by atoms with Crippen LogP contribution in [0.5, 0.6) is 0 Å². The van der Waals surface area contributed by atoms with Crippen LogP contribution in [0, 0.1) is 6.92 Å². The molecule has 0 spiro atoms. The second-order valence-corrected chi connectivity index (χ2v) is 6.28. The van der Waals surface area contributed by atoms with E-state index in [1.165, 1.54) is 18.7 Å². The Morgan fingerprint density at radius 1 is 1.19 bits per heavy atom. The topological polar surface area (TPSA) is 58.4 Å². The fourth-order valence-electron chi connectivity index (χ4n) is 2.42. The minimum absolute atomic E-state index is 0.0641. The van der Waals surface area contributed by atoms with Gasteiger partial charge in [-0.05, 0) is 19.1 Å². The highest BCUT2D eigenvalue weighted by Crippen LogP contribution is 2.30. The van der Waals surface area contributed by atoms with Crippen molar-refractivity contribution in [2.75, 3.05) is 23.0 Å². The third-order valence-corrected chi connectivity index (χ3v) is 4.47. The Balaban J connectivity index is 2.10. The molecular weight excluding hydrogens is 288 g/mol. The predicted molar refractivity (Wildman–Crippen MR) is 82.1 cm³/mol. The van der Waals surface area contributed by atoms with Crippen molar-refractivity contribution in [3.05, 3.63) is 23.2 Å². The summed E-state index contributed by atoms with van der Waals surface area (Å²) in [5.74, 6) is 0.370. The number of fused-ring (bicyclic) bond motifs is 1. The molecule has 0 atom stereocenters. The van der Waals surface area contributed by atoms with Gasteiger partial charge in [0.25, 0.3) is 0 Å². The average molecular weight is 304 g/mol. The summed E-state index contributed by atoms with van der Waals surface area (Å²) in [5.41, 5.74) is 0.780. The highest BCUT2D eigenvalue weighted by atomic mass is 32.1. The van der Waals surface area contributed by atoms with E-state index in [2.05, 4.69) is 4.98 Å². The van der Waals surface area contributed by atoms with E-state index in [1.54, 1.807) is 25.9 Å². The van der Waals surface area contributed by atoms with Crippen LogP contribution in [-0.2, 0) is 9.59 Å². The molecule has 2 aromatic rings. The monoisotopic (exact) mass is 304 g/mol. The first-order valence-corrected chi connectivity index (χ1v) is 7.51. The van der Waals surface area contributed by atoms with Crippen LogP contribution in [0.25, 0.3) is 10.6 Å². The quantitative estimate of drug-likeness (QED) is 0.807. The van der Waals surface area contributed by atoms with Crippen LogP contribution in [0.1, 0.15) is 18.7 Å². The van der Waals surface area contributed by atoms with Gasteiger partial charge in [-0.25, -0.2) is 14.7 Å². The Bertz CT molecular complexity index is 679. The molecule has 110 valence electrons. The van der Waals surface area contributed by atoms with Gasteiger partial charge in [-0.15, -0.1) is 11.3 Å². The van der Waals surface area contributed by atoms with Crippen molar-refractivity contribution in [1.29, 1.82) is 0 Å². The van der Waals surface area contributed by atoms with Gasteiger partial charge >= 0.3 is 0 Å². The number of aryl methyl sites for hydroxylation is 1. The lowest BCUT2D eigenvalue weighted by atomic mass is 10.4. The van der Waals surface area contributed by atoms with Crippen LogP contribution in [0.4, 0.5) is 5.95 Å². The third kappa shape index (κ3) is 2.33. The molecule has 0 aromatic carbocycles. The molecule has 7 heteroatoms. The molecule has 21 heavy (non-hydrogen) atoms. The van der Waals surface area contributed by atoms with Gasteiger partial charge < -0.3 is 0 Å². The van der Waals surface area contributed by atoms with E-state index in [4.69, 9.17) is 0 Å². The predicted octanol–water partition coefficient (Wildman–Crippen LogP) is 1.77. The molecule has 0 N–H and O–H groups in total. The second kappa shape index (κ2) is 5.00. The van der Waals surface area contributed by atoms with E-state index < -0.39 is 0 Å². The lowest BCUT2D eigenvalue weighted by Crippen LogP contribution is -2.51. The number of imidazole rings is 1. The Kier molecular flexibility index (Phi) is 3.29. The van der Waals surface area contributed by atoms with Crippen molar-refractivity contribution in [2.45, 2.75) is 20.8 Å². The maximum absolute atomic E-state index is 11.8. The van der Waals surface area contributed by atoms with E-state index >= 15 is 0 Å². The number of hydrogen-bond acceptors (Lipinski definition) is 4. The number of aromatic nitrogens is 2. The summed E-state index contributed by atoms with van der Waals surface area (Å²) in [6.07, 6.45) is 1.82. The van der Waals surface area contributed by atoms with E-state index in [0.717, 1.165) is 10.6 Å². The van der Waals surface area contributed by atoms with Gasteiger partial charge in [0.2, 0.25) is 17.8 Å². The molecule has 0 aliphatic carbocycles. The molecular formula is C14H16N4O2S. The maximum Gasteiger partial charge on any atom is 0.238 e. The summed E-state index contributed by atoms with van der Waals surface area (Å²) in [7, 11) is 0. The standard InChI is InChI=1S/C14H16N4O2S/c1-9-4-5-13(21-9)12-8-18-14(15-12)16(10(2)19)6-7-17(18)11(3)20/h4-5,8H,6-7H2,1-3H3. The molecule has 3 heterocycles. The number of thiophene rings is 1. The van der Waals surface area contributed by atoms with Gasteiger partial charge in [0.05, 0.1) is 17.6 Å². The summed E-state index contributed by atoms with van der Waals surface area (Å²) < 4.78 is 1.68. The first kappa shape index (κ1) is 13.8. The van der Waals surface area contributed by atoms with Crippen molar-refractivity contribution in [3.8, 4) is 10.6 Å². The van der Waals surface area contributed by atoms with Crippen LogP contribution >= 0.6 is 11.3 Å². The highest BCUT2D eigenvalue weighted by Gasteiger charge is 2.29. The molecule has 0 fully saturated rings. The van der Waals surface area contributed by atoms with Gasteiger partial charge in [-0.1, -0.05) is 0 Å². The molecule has 6 nitrogen and oxygen atoms in total. The molecule has 0 saturated carbocycles. The smallest absolute Gasteiger partial charge is 0.238 e. The highest BCUT2D eigenvalue weighted by molar-refractivity contribution is 7.15. The minimum Gasteiger partial charge on any atom is -0.279 e. The molecule has 0 unspecified atom stereocenters. The van der Waals surface area contributed by atoms with Crippen LogP contribution < -0.4 is 9.91 Å². The fraction of sp³-hybridized carbons (Fsp3) is 0.357. The Morgan fingerprint density at radius 2 is 1.95 bits per heavy atom. The van der Waals surface area contributed by atoms with Crippen LogP contribution in [0.3, 0.4) is 0 Å². The Hall–Kier alpha value is -2.15. The zero-order valence-electron chi connectivity index (χ0n) is 12.2. The fourth-order valence-corrected chi connectivity index (χ4v) is 3.25. The zero-order chi connectivity index (χ0) is 15.1. The summed E-state index contributed by atoms with van der Waals surface area (Å²) in [6.45, 7) is 6.00. The van der Waals surface area contributed by atoms with E-state index in [-0.39, 0.29) is 11.8 Å². The number of carbonyl (C=O) groups is 2. The molecule has 2 aromatic heterocycles. The van der Waals surface area contributed by atoms with Crippen molar-refractivity contribution < 1.29 is 9.59 Å². The van der Waals surface area contributed by atoms with Crippen molar-refractivity contribution in [3.63, 3.8) is 0 Å². The lowest BCUT2D eigenvalue weighted by molar-refractivity contribution is -0.119. The molecule has 2 amide bonds. The van der Waals surface area contributed by atoms with Crippen LogP contribution in [0.2, 0.25) is 0 Å². The number of amides is 2. The molecule has 0 bridgehead atoms. The number of carbonyl (C=O) groups excluding carboxylic acids is 2. The SMILES string of the molecule is CC(=O)N1CCN(C(C)=O)n2cc(-c3ccc(C)s3)nc21. The van der Waals surface area contributed by atoms with Gasteiger partial charge in [0.1, 0.15) is 5.69 Å². The van der Waals surface area contributed by atoms with Crippen molar-refractivity contribution in [1.82, 2.24) is 9.66 Å². The average Bonchev–Trinajstić information content (AvgIpc) is 3.02. The molecule has 0 radical (unpaired) electrons. The van der Waals surface area contributed by atoms with Gasteiger partial charge in [0, 0.05) is 25.3 Å². The van der Waals surface area contributed by atoms with Gasteiger partial charge in [-0.3, -0.25) is 14.5 Å². The van der Waals surface area contributed by atoms with Crippen molar-refractivity contribution >= 4 is 29.1 Å². The summed E-state index contributed by atoms with van der Waals surface area (Å²) >= 11 is 1.64. The number of anilines is 1. The third-order valence-electron chi connectivity index (χ3n) is 3.44. The normalized spacial score (nSPS) is 14.2.